The van der Waals surface area contributed by atoms with E-state index in [1.165, 1.54) is 12.3 Å². The van der Waals surface area contributed by atoms with Gasteiger partial charge in [0.25, 0.3) is 0 Å². The molecule has 1 saturated carbocycles. The molecule has 0 bridgehead atoms. The number of amides is 1. The average Bonchev–Trinajstić information content (AvgIpc) is 3.60. The predicted octanol–water partition coefficient (Wildman–Crippen LogP) is 5.85. The van der Waals surface area contributed by atoms with Crippen LogP contribution in [-0.2, 0) is 19.4 Å². The molecule has 14 heteroatoms. The summed E-state index contributed by atoms with van der Waals surface area (Å²) in [6, 6.07) is 5.89. The van der Waals surface area contributed by atoms with Crippen molar-refractivity contribution in [2.75, 3.05) is 59.8 Å². The molecule has 3 atom stereocenters. The molecule has 3 aliphatic heterocycles. The van der Waals surface area contributed by atoms with E-state index in [0.29, 0.717) is 63.0 Å². The van der Waals surface area contributed by atoms with E-state index in [0.717, 1.165) is 53.3 Å². The highest BCUT2D eigenvalue weighted by atomic mass is 32.2. The first kappa shape index (κ1) is 38.4. The van der Waals surface area contributed by atoms with Gasteiger partial charge in [-0.05, 0) is 98.6 Å². The first-order valence-electron chi connectivity index (χ1n) is 19.4. The van der Waals surface area contributed by atoms with Crippen LogP contribution in [0, 0.1) is 5.92 Å². The maximum atomic E-state index is 15.5. The number of pyridine rings is 1. The van der Waals surface area contributed by atoms with E-state index >= 15 is 4.39 Å². The van der Waals surface area contributed by atoms with Gasteiger partial charge in [-0.3, -0.25) is 4.79 Å². The second-order valence-electron chi connectivity index (χ2n) is 16.4. The highest BCUT2D eigenvalue weighted by molar-refractivity contribution is 7.90. The quantitative estimate of drug-likeness (QED) is 0.227. The fourth-order valence-corrected chi connectivity index (χ4v) is 9.95. The van der Waals surface area contributed by atoms with Crippen LogP contribution in [0.25, 0.3) is 10.8 Å². The Bertz CT molecular complexity index is 1980. The van der Waals surface area contributed by atoms with Gasteiger partial charge in [-0.15, -0.1) is 0 Å². The van der Waals surface area contributed by atoms with E-state index in [1.54, 1.807) is 12.3 Å². The van der Waals surface area contributed by atoms with Gasteiger partial charge in [-0.2, -0.15) is 4.98 Å². The summed E-state index contributed by atoms with van der Waals surface area (Å²) in [6.07, 6.45) is 9.54. The van der Waals surface area contributed by atoms with Crippen molar-refractivity contribution in [3.05, 3.63) is 54.4 Å². The van der Waals surface area contributed by atoms with Gasteiger partial charge in [0.1, 0.15) is 27.6 Å². The predicted molar refractivity (Wildman–Crippen MR) is 210 cm³/mol. The smallest absolute Gasteiger partial charge is 0.246 e. The number of aliphatic hydroxyl groups is 1. The molecule has 1 aromatic carbocycles. The molecule has 1 amide bonds. The molecule has 292 valence electrons. The summed E-state index contributed by atoms with van der Waals surface area (Å²) in [7, 11) is -3.10. The number of sulfone groups is 1. The molecule has 1 aliphatic carbocycles. The van der Waals surface area contributed by atoms with Crippen molar-refractivity contribution in [3.63, 3.8) is 0 Å². The molecular formula is C40H54FN7O5S. The van der Waals surface area contributed by atoms with Crippen LogP contribution >= 0.6 is 0 Å². The number of likely N-dealkylation sites (tertiary alicyclic amines) is 1. The number of halogens is 1. The van der Waals surface area contributed by atoms with Crippen LogP contribution in [0.15, 0.2) is 43.2 Å². The van der Waals surface area contributed by atoms with Gasteiger partial charge >= 0.3 is 0 Å². The van der Waals surface area contributed by atoms with Crippen LogP contribution in [0.5, 0.6) is 0 Å². The van der Waals surface area contributed by atoms with Crippen molar-refractivity contribution in [2.45, 2.75) is 102 Å². The minimum atomic E-state index is -3.10. The number of anilines is 4. The van der Waals surface area contributed by atoms with Crippen molar-refractivity contribution in [2.24, 2.45) is 5.92 Å². The summed E-state index contributed by atoms with van der Waals surface area (Å²) in [5.41, 5.74) is 2.56. The Balaban J connectivity index is 1.14. The summed E-state index contributed by atoms with van der Waals surface area (Å²) in [6.45, 7) is 12.5. The molecule has 7 rings (SSSR count). The molecule has 2 N–H and O–H groups in total. The van der Waals surface area contributed by atoms with E-state index in [-0.39, 0.29) is 42.2 Å². The molecular weight excluding hydrogens is 710 g/mol. The lowest BCUT2D eigenvalue weighted by Gasteiger charge is -2.42. The van der Waals surface area contributed by atoms with Gasteiger partial charge in [0.05, 0.1) is 36.1 Å². The standard InChI is InChI=1S/C40H54FN7O5S/c1-6-37(49)48-16-7-8-32(48)29-18-33(47-21-26(22-47)24-54(5,51)52)30-20-43-36(19-28(30)38(29)25(2)3)44-35-11-15-42-39(45-35)46-17-12-34(31(41)23-46)53-27-9-13-40(4,50)14-10-27/h6,11,15,18-20,25-27,31-32,34,50H,1,7-10,12-14,16-17,21-24H2,2-5H3,(H,42,43,44,45)/t27?,31-,32+,34+,40?/m0/s1. The van der Waals surface area contributed by atoms with Crippen LogP contribution in [0.4, 0.5) is 27.7 Å². The van der Waals surface area contributed by atoms with Crippen LogP contribution in [0.3, 0.4) is 0 Å². The number of nitrogens with zero attached hydrogens (tertiary/aromatic N) is 6. The lowest BCUT2D eigenvalue weighted by molar-refractivity contribution is -0.126. The maximum absolute atomic E-state index is 15.5. The molecule has 2 aromatic heterocycles. The number of hydrogen-bond donors (Lipinski definition) is 2. The number of alkyl halides is 1. The van der Waals surface area contributed by atoms with Gasteiger partial charge in [0, 0.05) is 61.8 Å². The number of nitrogens with one attached hydrogen (secondary N) is 1. The summed E-state index contributed by atoms with van der Waals surface area (Å²) in [5.74, 6) is 1.79. The Kier molecular flexibility index (Phi) is 10.9. The molecule has 0 radical (unpaired) electrons. The van der Waals surface area contributed by atoms with E-state index < -0.39 is 27.7 Å². The third-order valence-electron chi connectivity index (χ3n) is 11.6. The molecule has 0 spiro atoms. The average molecular weight is 764 g/mol. The second kappa shape index (κ2) is 15.3. The highest BCUT2D eigenvalue weighted by Crippen LogP contribution is 2.45. The molecule has 4 aliphatic rings. The number of carbonyl (C=O) groups excluding carboxylic acids is 1. The van der Waals surface area contributed by atoms with Crippen LogP contribution < -0.4 is 15.1 Å². The summed E-state index contributed by atoms with van der Waals surface area (Å²) < 4.78 is 45.8. The number of rotatable bonds is 11. The van der Waals surface area contributed by atoms with Crippen LogP contribution in [0.1, 0.15) is 88.8 Å². The highest BCUT2D eigenvalue weighted by Gasteiger charge is 2.37. The number of carbonyl (C=O) groups is 1. The Morgan fingerprint density at radius 2 is 1.85 bits per heavy atom. The number of fused-ring (bicyclic) bond motifs is 1. The fraction of sp³-hybridized carbons (Fsp3) is 0.600. The molecule has 4 fully saturated rings. The fourth-order valence-electron chi connectivity index (χ4n) is 8.88. The summed E-state index contributed by atoms with van der Waals surface area (Å²) in [5, 5.41) is 15.6. The first-order chi connectivity index (χ1) is 25.7. The molecule has 5 heterocycles. The molecule has 0 unspecified atom stereocenters. The summed E-state index contributed by atoms with van der Waals surface area (Å²) >= 11 is 0. The monoisotopic (exact) mass is 763 g/mol. The zero-order valence-electron chi connectivity index (χ0n) is 31.9. The van der Waals surface area contributed by atoms with Crippen molar-refractivity contribution >= 4 is 49.8 Å². The SMILES string of the molecule is C=CC(=O)N1CCC[C@@H]1c1cc(N2CC(CS(C)(=O)=O)C2)c2cnc(Nc3ccnc(N4CC[C@@H](OC5CCC(C)(O)CC5)[C@@H](F)C4)n3)cc2c1C(C)C. The zero-order chi connectivity index (χ0) is 38.4. The van der Waals surface area contributed by atoms with E-state index in [1.807, 2.05) is 29.0 Å². The van der Waals surface area contributed by atoms with Crippen LogP contribution in [0.2, 0.25) is 0 Å². The molecule has 12 nitrogen and oxygen atoms in total. The Morgan fingerprint density at radius 1 is 1.09 bits per heavy atom. The van der Waals surface area contributed by atoms with E-state index in [9.17, 15) is 18.3 Å². The van der Waals surface area contributed by atoms with Crippen molar-refractivity contribution in [1.29, 1.82) is 0 Å². The van der Waals surface area contributed by atoms with Gasteiger partial charge in [0.15, 0.2) is 0 Å². The number of ether oxygens (including phenoxy) is 1. The number of piperidine rings is 1. The maximum Gasteiger partial charge on any atom is 0.246 e. The lowest BCUT2D eigenvalue weighted by atomic mass is 9.85. The lowest BCUT2D eigenvalue weighted by Crippen LogP contribution is -2.49. The molecule has 54 heavy (non-hydrogen) atoms. The van der Waals surface area contributed by atoms with Gasteiger partial charge < -0.3 is 29.9 Å². The van der Waals surface area contributed by atoms with Gasteiger partial charge in [0.2, 0.25) is 11.9 Å². The topological polar surface area (TPSA) is 141 Å². The van der Waals surface area contributed by atoms with Crippen LogP contribution in [-0.4, -0.2) is 108 Å². The van der Waals surface area contributed by atoms with E-state index in [4.69, 9.17) is 14.7 Å². The Hall–Kier alpha value is -3.88. The first-order valence-corrected chi connectivity index (χ1v) is 21.4. The molecule has 3 aromatic rings. The Morgan fingerprint density at radius 3 is 2.54 bits per heavy atom. The minimum Gasteiger partial charge on any atom is -0.390 e. The molecule has 3 saturated heterocycles. The summed E-state index contributed by atoms with van der Waals surface area (Å²) in [4.78, 5) is 33.1. The zero-order valence-corrected chi connectivity index (χ0v) is 32.7. The number of benzene rings is 1. The van der Waals surface area contributed by atoms with Crippen molar-refractivity contribution < 1.29 is 27.4 Å². The number of hydrogen-bond acceptors (Lipinski definition) is 11. The third-order valence-corrected chi connectivity index (χ3v) is 12.7. The largest absolute Gasteiger partial charge is 0.390 e. The van der Waals surface area contributed by atoms with Gasteiger partial charge in [-0.25, -0.2) is 22.8 Å². The number of aromatic nitrogens is 3. The van der Waals surface area contributed by atoms with Crippen molar-refractivity contribution in [1.82, 2.24) is 19.9 Å². The second-order valence-corrected chi connectivity index (χ2v) is 18.6. The minimum absolute atomic E-state index is 0.0314. The third kappa shape index (κ3) is 8.35. The van der Waals surface area contributed by atoms with Gasteiger partial charge in [-0.1, -0.05) is 20.4 Å². The normalized spacial score (nSPS) is 26.7. The Labute approximate surface area is 318 Å². The van der Waals surface area contributed by atoms with E-state index in [2.05, 4.69) is 41.7 Å². The van der Waals surface area contributed by atoms with Crippen molar-refractivity contribution in [3.8, 4) is 0 Å².